The molecule has 0 saturated heterocycles. The van der Waals surface area contributed by atoms with Crippen LogP contribution in [0.25, 0.3) is 11.0 Å². The topological polar surface area (TPSA) is 56.5 Å². The summed E-state index contributed by atoms with van der Waals surface area (Å²) < 4.78 is 13.2. The number of imidazole rings is 1. The maximum absolute atomic E-state index is 10.4. The molecule has 1 atom stereocenters. The van der Waals surface area contributed by atoms with Crippen molar-refractivity contribution in [2.45, 2.75) is 32.9 Å². The molecule has 3 rings (SSSR count). The van der Waals surface area contributed by atoms with E-state index in [1.807, 2.05) is 55.5 Å². The number of aryl methyl sites for hydroxylation is 1. The molecule has 25 heavy (non-hydrogen) atoms. The van der Waals surface area contributed by atoms with Crippen molar-refractivity contribution in [1.29, 1.82) is 0 Å². The Bertz CT molecular complexity index is 811. The van der Waals surface area contributed by atoms with Crippen LogP contribution in [0.15, 0.2) is 48.5 Å². The molecule has 0 radical (unpaired) electrons. The second-order valence-electron chi connectivity index (χ2n) is 5.85. The molecule has 0 fully saturated rings. The highest BCUT2D eigenvalue weighted by atomic mass is 16.5. The van der Waals surface area contributed by atoms with Gasteiger partial charge in [0.1, 0.15) is 30.0 Å². The van der Waals surface area contributed by atoms with Gasteiger partial charge in [0, 0.05) is 6.42 Å². The van der Waals surface area contributed by atoms with E-state index in [0.29, 0.717) is 18.9 Å². The molecule has 0 amide bonds. The molecule has 1 unspecified atom stereocenters. The fraction of sp³-hybridized carbons (Fsp3) is 0.350. The summed E-state index contributed by atoms with van der Waals surface area (Å²) in [6, 6.07) is 15.4. The number of aromatic nitrogens is 2. The van der Waals surface area contributed by atoms with Crippen LogP contribution in [0, 0.1) is 0 Å². The fourth-order valence-electron chi connectivity index (χ4n) is 2.85. The van der Waals surface area contributed by atoms with Crippen molar-refractivity contribution in [1.82, 2.24) is 9.55 Å². The van der Waals surface area contributed by atoms with Gasteiger partial charge in [0.05, 0.1) is 24.2 Å². The van der Waals surface area contributed by atoms with Gasteiger partial charge >= 0.3 is 0 Å². The van der Waals surface area contributed by atoms with E-state index in [2.05, 4.69) is 16.5 Å². The summed E-state index contributed by atoms with van der Waals surface area (Å²) in [4.78, 5) is 4.63. The number of fused-ring (bicyclic) bond motifs is 1. The van der Waals surface area contributed by atoms with Crippen LogP contribution in [-0.2, 0) is 13.0 Å². The van der Waals surface area contributed by atoms with E-state index < -0.39 is 6.10 Å². The Morgan fingerprint density at radius 3 is 2.36 bits per heavy atom. The highest BCUT2D eigenvalue weighted by Crippen LogP contribution is 2.19. The molecule has 5 nitrogen and oxygen atoms in total. The van der Waals surface area contributed by atoms with Crippen molar-refractivity contribution < 1.29 is 14.6 Å². The quantitative estimate of drug-likeness (QED) is 0.682. The Hall–Kier alpha value is -2.53. The van der Waals surface area contributed by atoms with E-state index in [0.717, 1.165) is 29.0 Å². The zero-order chi connectivity index (χ0) is 17.6. The molecule has 1 aromatic heterocycles. The first-order valence-electron chi connectivity index (χ1n) is 8.69. The Morgan fingerprint density at radius 1 is 1.00 bits per heavy atom. The minimum absolute atomic E-state index is 0.226. The number of rotatable bonds is 8. The van der Waals surface area contributed by atoms with Gasteiger partial charge in [-0.05, 0) is 43.3 Å². The van der Waals surface area contributed by atoms with Gasteiger partial charge in [0.15, 0.2) is 0 Å². The Labute approximate surface area is 147 Å². The van der Waals surface area contributed by atoms with Crippen LogP contribution in [0.4, 0.5) is 0 Å². The summed E-state index contributed by atoms with van der Waals surface area (Å²) in [7, 11) is 0. The van der Waals surface area contributed by atoms with E-state index in [1.165, 1.54) is 0 Å². The first-order valence-corrected chi connectivity index (χ1v) is 8.69. The number of aliphatic hydroxyl groups excluding tert-OH is 1. The predicted molar refractivity (Wildman–Crippen MR) is 98.2 cm³/mol. The Balaban J connectivity index is 1.63. The molecule has 0 bridgehead atoms. The first kappa shape index (κ1) is 17.3. The molecule has 3 aromatic rings. The van der Waals surface area contributed by atoms with Gasteiger partial charge in [-0.1, -0.05) is 19.1 Å². The molecule has 0 spiro atoms. The third-order valence-corrected chi connectivity index (χ3v) is 4.02. The van der Waals surface area contributed by atoms with Crippen molar-refractivity contribution in [3.8, 4) is 11.5 Å². The fourth-order valence-corrected chi connectivity index (χ4v) is 2.85. The van der Waals surface area contributed by atoms with Crippen molar-refractivity contribution in [3.63, 3.8) is 0 Å². The van der Waals surface area contributed by atoms with Crippen LogP contribution in [0.3, 0.4) is 0 Å². The van der Waals surface area contributed by atoms with Gasteiger partial charge in [-0.15, -0.1) is 0 Å². The van der Waals surface area contributed by atoms with Gasteiger partial charge in [0.2, 0.25) is 0 Å². The molecule has 0 aliphatic carbocycles. The molecule has 2 aromatic carbocycles. The number of hydrogen-bond acceptors (Lipinski definition) is 4. The minimum atomic E-state index is -0.616. The van der Waals surface area contributed by atoms with E-state index in [1.54, 1.807) is 0 Å². The van der Waals surface area contributed by atoms with Gasteiger partial charge in [-0.25, -0.2) is 4.98 Å². The lowest BCUT2D eigenvalue weighted by Crippen LogP contribution is -2.24. The van der Waals surface area contributed by atoms with E-state index in [-0.39, 0.29) is 6.61 Å². The second-order valence-corrected chi connectivity index (χ2v) is 5.85. The molecular formula is C20H24N2O3. The van der Waals surface area contributed by atoms with Crippen LogP contribution < -0.4 is 9.47 Å². The normalized spacial score (nSPS) is 12.3. The monoisotopic (exact) mass is 340 g/mol. The van der Waals surface area contributed by atoms with Crippen LogP contribution in [0.5, 0.6) is 11.5 Å². The zero-order valence-corrected chi connectivity index (χ0v) is 14.7. The molecule has 5 heteroatoms. The summed E-state index contributed by atoms with van der Waals surface area (Å²) in [5, 5.41) is 10.4. The summed E-state index contributed by atoms with van der Waals surface area (Å²) in [5.41, 5.74) is 2.00. The summed E-state index contributed by atoms with van der Waals surface area (Å²) >= 11 is 0. The lowest BCUT2D eigenvalue weighted by molar-refractivity contribution is 0.0927. The third kappa shape index (κ3) is 4.12. The van der Waals surface area contributed by atoms with E-state index in [4.69, 9.17) is 9.47 Å². The second kappa shape index (κ2) is 8.03. The van der Waals surface area contributed by atoms with Crippen molar-refractivity contribution in [3.05, 3.63) is 54.4 Å². The smallest absolute Gasteiger partial charge is 0.119 e. The number of hydrogen-bond donors (Lipinski definition) is 1. The highest BCUT2D eigenvalue weighted by molar-refractivity contribution is 5.75. The van der Waals surface area contributed by atoms with Gasteiger partial charge in [-0.3, -0.25) is 0 Å². The predicted octanol–water partition coefficient (Wildman–Crippen LogP) is 3.44. The van der Waals surface area contributed by atoms with Crippen LogP contribution in [-0.4, -0.2) is 34.0 Å². The summed E-state index contributed by atoms with van der Waals surface area (Å²) in [6.45, 7) is 5.34. The summed E-state index contributed by atoms with van der Waals surface area (Å²) in [5.74, 6) is 2.50. The average molecular weight is 340 g/mol. The molecular weight excluding hydrogens is 316 g/mol. The Morgan fingerprint density at radius 2 is 1.68 bits per heavy atom. The van der Waals surface area contributed by atoms with Gasteiger partial charge < -0.3 is 19.1 Å². The third-order valence-electron chi connectivity index (χ3n) is 4.02. The Kier molecular flexibility index (Phi) is 5.56. The SMILES string of the molecule is CCOc1ccc(OCC(O)Cn2c(CC)nc3ccccc32)cc1. The average Bonchev–Trinajstić information content (AvgIpc) is 2.99. The van der Waals surface area contributed by atoms with Crippen LogP contribution in [0.2, 0.25) is 0 Å². The molecule has 1 N–H and O–H groups in total. The highest BCUT2D eigenvalue weighted by Gasteiger charge is 2.13. The molecule has 0 aliphatic rings. The standard InChI is InChI=1S/C20H24N2O3/c1-3-20-21-18-7-5-6-8-19(18)22(20)13-15(23)14-25-17-11-9-16(10-12-17)24-4-2/h5-12,15,23H,3-4,13-14H2,1-2H3. The lowest BCUT2D eigenvalue weighted by Gasteiger charge is -2.15. The molecule has 0 aliphatic heterocycles. The zero-order valence-electron chi connectivity index (χ0n) is 14.7. The van der Waals surface area contributed by atoms with Crippen molar-refractivity contribution in [2.24, 2.45) is 0 Å². The van der Waals surface area contributed by atoms with Gasteiger partial charge in [0.25, 0.3) is 0 Å². The van der Waals surface area contributed by atoms with Crippen molar-refractivity contribution >= 4 is 11.0 Å². The van der Waals surface area contributed by atoms with E-state index in [9.17, 15) is 5.11 Å². The largest absolute Gasteiger partial charge is 0.494 e. The summed E-state index contributed by atoms with van der Waals surface area (Å²) in [6.07, 6.45) is 0.204. The van der Waals surface area contributed by atoms with Gasteiger partial charge in [-0.2, -0.15) is 0 Å². The number of para-hydroxylation sites is 2. The maximum Gasteiger partial charge on any atom is 0.119 e. The number of aliphatic hydroxyl groups is 1. The number of benzene rings is 2. The number of ether oxygens (including phenoxy) is 2. The molecule has 132 valence electrons. The first-order chi connectivity index (χ1) is 12.2. The lowest BCUT2D eigenvalue weighted by atomic mass is 10.3. The maximum atomic E-state index is 10.4. The van der Waals surface area contributed by atoms with Crippen molar-refractivity contribution in [2.75, 3.05) is 13.2 Å². The van der Waals surface area contributed by atoms with Crippen LogP contribution >= 0.6 is 0 Å². The number of nitrogens with zero attached hydrogens (tertiary/aromatic N) is 2. The van der Waals surface area contributed by atoms with E-state index >= 15 is 0 Å². The minimum Gasteiger partial charge on any atom is -0.494 e. The molecule has 0 saturated carbocycles. The van der Waals surface area contributed by atoms with Crippen LogP contribution in [0.1, 0.15) is 19.7 Å². The molecule has 1 heterocycles.